The van der Waals surface area contributed by atoms with Gasteiger partial charge in [-0.15, -0.1) is 11.3 Å². The van der Waals surface area contributed by atoms with Gasteiger partial charge in [0.25, 0.3) is 0 Å². The molecule has 27 heavy (non-hydrogen) atoms. The van der Waals surface area contributed by atoms with Crippen LogP contribution in [-0.4, -0.2) is 16.9 Å². The minimum Gasteiger partial charge on any atom is -0.459 e. The molecular weight excluding hydrogens is 360 g/mol. The molecule has 6 heteroatoms. The Hall–Kier alpha value is -2.99. The Morgan fingerprint density at radius 1 is 1.07 bits per heavy atom. The van der Waals surface area contributed by atoms with Crippen LogP contribution in [0.4, 0.5) is 5.69 Å². The van der Waals surface area contributed by atoms with E-state index in [2.05, 4.69) is 10.3 Å². The minimum absolute atomic E-state index is 0.129. The first-order valence-corrected chi connectivity index (χ1v) is 9.41. The Balaban J connectivity index is 1.52. The lowest BCUT2D eigenvalue weighted by Gasteiger charge is -2.05. The first-order valence-electron chi connectivity index (χ1n) is 8.53. The van der Waals surface area contributed by atoms with Gasteiger partial charge in [0.1, 0.15) is 11.6 Å². The van der Waals surface area contributed by atoms with Crippen LogP contribution in [0.5, 0.6) is 0 Å². The Bertz CT molecular complexity index is 931. The van der Waals surface area contributed by atoms with E-state index < -0.39 is 0 Å². The van der Waals surface area contributed by atoms with Gasteiger partial charge in [-0.05, 0) is 24.6 Å². The van der Waals surface area contributed by atoms with Gasteiger partial charge in [-0.1, -0.05) is 42.0 Å². The smallest absolute Gasteiger partial charge is 0.310 e. The van der Waals surface area contributed by atoms with Crippen molar-refractivity contribution >= 4 is 28.9 Å². The summed E-state index contributed by atoms with van der Waals surface area (Å²) >= 11 is 1.53. The van der Waals surface area contributed by atoms with E-state index in [0.29, 0.717) is 5.69 Å². The van der Waals surface area contributed by atoms with E-state index in [-0.39, 0.29) is 24.9 Å². The summed E-state index contributed by atoms with van der Waals surface area (Å²) in [6.45, 7) is 3.66. The molecule has 0 saturated carbocycles. The standard InChI is InChI=1S/C21H20N2O3S/c1-14-3-7-17(8-4-14)21-23-19(13-27-21)12-26-20(25)11-16-5-9-18(10-6-16)22-15(2)24/h3-10,13H,11-12H2,1-2H3,(H,22,24). The van der Waals surface area contributed by atoms with Crippen molar-refractivity contribution in [2.45, 2.75) is 26.9 Å². The molecule has 5 nitrogen and oxygen atoms in total. The number of aromatic nitrogens is 1. The van der Waals surface area contributed by atoms with Crippen molar-refractivity contribution in [1.82, 2.24) is 4.98 Å². The van der Waals surface area contributed by atoms with Crippen molar-refractivity contribution < 1.29 is 14.3 Å². The van der Waals surface area contributed by atoms with Crippen molar-refractivity contribution in [1.29, 1.82) is 0 Å². The third kappa shape index (κ3) is 5.49. The highest BCUT2D eigenvalue weighted by Crippen LogP contribution is 2.24. The van der Waals surface area contributed by atoms with Gasteiger partial charge >= 0.3 is 5.97 Å². The Morgan fingerprint density at radius 2 is 1.78 bits per heavy atom. The highest BCUT2D eigenvalue weighted by Gasteiger charge is 2.09. The number of carbonyl (C=O) groups is 2. The number of anilines is 1. The van der Waals surface area contributed by atoms with Crippen molar-refractivity contribution in [2.24, 2.45) is 0 Å². The minimum atomic E-state index is -0.313. The molecule has 3 aromatic rings. The van der Waals surface area contributed by atoms with Gasteiger partial charge in [0.05, 0.1) is 12.1 Å². The Kier molecular flexibility index (Phi) is 5.98. The lowest BCUT2D eigenvalue weighted by Crippen LogP contribution is -2.09. The number of esters is 1. The molecule has 0 fully saturated rings. The number of hydrogen-bond acceptors (Lipinski definition) is 5. The fourth-order valence-electron chi connectivity index (χ4n) is 2.48. The monoisotopic (exact) mass is 380 g/mol. The predicted octanol–water partition coefficient (Wildman–Crippen LogP) is 4.36. The van der Waals surface area contributed by atoms with Crippen LogP contribution in [0, 0.1) is 6.92 Å². The number of rotatable bonds is 6. The van der Waals surface area contributed by atoms with E-state index in [0.717, 1.165) is 21.8 Å². The number of hydrogen-bond donors (Lipinski definition) is 1. The third-order valence-corrected chi connectivity index (χ3v) is 4.79. The number of thiazole rings is 1. The number of amides is 1. The summed E-state index contributed by atoms with van der Waals surface area (Å²) < 4.78 is 5.33. The van der Waals surface area contributed by atoms with Gasteiger partial charge in [0.15, 0.2) is 0 Å². The average Bonchev–Trinajstić information content (AvgIpc) is 3.11. The molecule has 138 valence electrons. The zero-order valence-electron chi connectivity index (χ0n) is 15.2. The van der Waals surface area contributed by atoms with Gasteiger partial charge in [-0.25, -0.2) is 4.98 Å². The topological polar surface area (TPSA) is 68.3 Å². The highest BCUT2D eigenvalue weighted by atomic mass is 32.1. The first kappa shape index (κ1) is 18.8. The fraction of sp³-hybridized carbons (Fsp3) is 0.190. The second-order valence-electron chi connectivity index (χ2n) is 6.23. The van der Waals surface area contributed by atoms with E-state index in [1.165, 1.54) is 23.8 Å². The van der Waals surface area contributed by atoms with Gasteiger partial charge in [-0.2, -0.15) is 0 Å². The van der Waals surface area contributed by atoms with Crippen LogP contribution >= 0.6 is 11.3 Å². The number of nitrogens with zero attached hydrogens (tertiary/aromatic N) is 1. The summed E-state index contributed by atoms with van der Waals surface area (Å²) in [6.07, 6.45) is 0.176. The second kappa shape index (κ2) is 8.60. The van der Waals surface area contributed by atoms with Gasteiger partial charge < -0.3 is 10.1 Å². The van der Waals surface area contributed by atoms with Crippen LogP contribution in [-0.2, 0) is 27.4 Å². The van der Waals surface area contributed by atoms with E-state index in [1.54, 1.807) is 24.3 Å². The quantitative estimate of drug-likeness (QED) is 0.645. The SMILES string of the molecule is CC(=O)Nc1ccc(CC(=O)OCc2csc(-c3ccc(C)cc3)n2)cc1. The molecule has 1 aromatic heterocycles. The molecule has 0 aliphatic heterocycles. The molecule has 3 rings (SSSR count). The van der Waals surface area contributed by atoms with Crippen LogP contribution in [0.15, 0.2) is 53.9 Å². The van der Waals surface area contributed by atoms with Crippen LogP contribution < -0.4 is 5.32 Å². The maximum atomic E-state index is 12.0. The van der Waals surface area contributed by atoms with Crippen molar-refractivity contribution in [3.05, 3.63) is 70.7 Å². The fourth-order valence-corrected chi connectivity index (χ4v) is 3.29. The first-order chi connectivity index (χ1) is 13.0. The van der Waals surface area contributed by atoms with E-state index in [9.17, 15) is 9.59 Å². The molecule has 0 unspecified atom stereocenters. The van der Waals surface area contributed by atoms with Crippen molar-refractivity contribution in [2.75, 3.05) is 5.32 Å². The summed E-state index contributed by atoms with van der Waals surface area (Å²) in [7, 11) is 0. The molecule has 0 radical (unpaired) electrons. The predicted molar refractivity (Wildman–Crippen MR) is 107 cm³/mol. The molecule has 0 bridgehead atoms. The molecule has 2 aromatic carbocycles. The summed E-state index contributed by atoms with van der Waals surface area (Å²) in [6, 6.07) is 15.3. The molecule has 1 heterocycles. The van der Waals surface area contributed by atoms with Crippen LogP contribution in [0.25, 0.3) is 10.6 Å². The molecular formula is C21H20N2O3S. The molecule has 0 atom stereocenters. The van der Waals surface area contributed by atoms with Crippen molar-refractivity contribution in [3.8, 4) is 10.6 Å². The van der Waals surface area contributed by atoms with Gasteiger partial charge in [0, 0.05) is 23.6 Å². The highest BCUT2D eigenvalue weighted by molar-refractivity contribution is 7.13. The maximum Gasteiger partial charge on any atom is 0.310 e. The van der Waals surface area contributed by atoms with E-state index in [1.807, 2.05) is 36.6 Å². The largest absolute Gasteiger partial charge is 0.459 e. The number of carbonyl (C=O) groups excluding carboxylic acids is 2. The molecule has 1 amide bonds. The van der Waals surface area contributed by atoms with E-state index in [4.69, 9.17) is 4.74 Å². The zero-order chi connectivity index (χ0) is 19.2. The van der Waals surface area contributed by atoms with E-state index >= 15 is 0 Å². The molecule has 0 aliphatic carbocycles. The van der Waals surface area contributed by atoms with Crippen LogP contribution in [0.3, 0.4) is 0 Å². The molecule has 0 aliphatic rings. The van der Waals surface area contributed by atoms with Gasteiger partial charge in [0.2, 0.25) is 5.91 Å². The molecule has 0 saturated heterocycles. The second-order valence-corrected chi connectivity index (χ2v) is 7.08. The number of nitrogens with one attached hydrogen (secondary N) is 1. The average molecular weight is 380 g/mol. The van der Waals surface area contributed by atoms with Crippen molar-refractivity contribution in [3.63, 3.8) is 0 Å². The Morgan fingerprint density at radius 3 is 2.44 bits per heavy atom. The maximum absolute atomic E-state index is 12.0. The Labute approximate surface area is 162 Å². The van der Waals surface area contributed by atoms with Crippen LogP contribution in [0.1, 0.15) is 23.7 Å². The zero-order valence-corrected chi connectivity index (χ0v) is 16.0. The van der Waals surface area contributed by atoms with Gasteiger partial charge in [-0.3, -0.25) is 9.59 Å². The summed E-state index contributed by atoms with van der Waals surface area (Å²) in [5.74, 6) is -0.442. The molecule has 1 N–H and O–H groups in total. The summed E-state index contributed by atoms with van der Waals surface area (Å²) in [5, 5.41) is 5.51. The number of aryl methyl sites for hydroxylation is 1. The normalized spacial score (nSPS) is 10.4. The lowest BCUT2D eigenvalue weighted by molar-refractivity contribution is -0.144. The summed E-state index contributed by atoms with van der Waals surface area (Å²) in [4.78, 5) is 27.6. The van der Waals surface area contributed by atoms with Crippen LogP contribution in [0.2, 0.25) is 0 Å². The lowest BCUT2D eigenvalue weighted by atomic mass is 10.1. The number of ether oxygens (including phenoxy) is 1. The third-order valence-electron chi connectivity index (χ3n) is 3.85. The number of benzene rings is 2. The summed E-state index contributed by atoms with van der Waals surface area (Å²) in [5.41, 5.74) is 4.53. The molecule has 0 spiro atoms.